The SMILES string of the molecule is CNC(C(C)C)C1CC(C)CCC1CCCC(C)C1CCC1. The van der Waals surface area contributed by atoms with Crippen molar-refractivity contribution in [2.75, 3.05) is 7.05 Å². The van der Waals surface area contributed by atoms with Crippen molar-refractivity contribution in [3.63, 3.8) is 0 Å². The van der Waals surface area contributed by atoms with Crippen LogP contribution in [0.25, 0.3) is 0 Å². The maximum atomic E-state index is 3.66. The Kier molecular flexibility index (Phi) is 7.25. The average molecular weight is 308 g/mol. The minimum atomic E-state index is 0.719. The molecule has 2 fully saturated rings. The highest BCUT2D eigenvalue weighted by Crippen LogP contribution is 2.41. The zero-order valence-corrected chi connectivity index (χ0v) is 15.9. The van der Waals surface area contributed by atoms with Crippen LogP contribution in [0.3, 0.4) is 0 Å². The number of nitrogens with one attached hydrogen (secondary N) is 1. The lowest BCUT2D eigenvalue weighted by Gasteiger charge is -2.42. The van der Waals surface area contributed by atoms with E-state index in [0.717, 1.165) is 41.5 Å². The summed E-state index contributed by atoms with van der Waals surface area (Å²) in [4.78, 5) is 0. The van der Waals surface area contributed by atoms with Crippen molar-refractivity contribution < 1.29 is 0 Å². The van der Waals surface area contributed by atoms with E-state index in [2.05, 4.69) is 40.1 Å². The van der Waals surface area contributed by atoms with Crippen molar-refractivity contribution in [2.45, 2.75) is 91.5 Å². The Labute approximate surface area is 140 Å². The lowest BCUT2D eigenvalue weighted by atomic mass is 9.67. The van der Waals surface area contributed by atoms with Crippen LogP contribution < -0.4 is 5.32 Å². The highest BCUT2D eigenvalue weighted by atomic mass is 14.9. The van der Waals surface area contributed by atoms with Gasteiger partial charge in [-0.3, -0.25) is 0 Å². The van der Waals surface area contributed by atoms with Gasteiger partial charge in [-0.25, -0.2) is 0 Å². The number of hydrogen-bond acceptors (Lipinski definition) is 1. The lowest BCUT2D eigenvalue weighted by molar-refractivity contribution is 0.113. The van der Waals surface area contributed by atoms with E-state index in [-0.39, 0.29) is 0 Å². The van der Waals surface area contributed by atoms with Crippen LogP contribution in [0.5, 0.6) is 0 Å². The third kappa shape index (κ3) is 4.73. The summed E-state index contributed by atoms with van der Waals surface area (Å²) >= 11 is 0. The summed E-state index contributed by atoms with van der Waals surface area (Å²) in [6.45, 7) is 9.77. The Morgan fingerprint density at radius 2 is 1.77 bits per heavy atom. The van der Waals surface area contributed by atoms with Gasteiger partial charge in [0.2, 0.25) is 0 Å². The van der Waals surface area contributed by atoms with Crippen LogP contribution in [0, 0.1) is 35.5 Å². The van der Waals surface area contributed by atoms with E-state index in [9.17, 15) is 0 Å². The summed E-state index contributed by atoms with van der Waals surface area (Å²) < 4.78 is 0. The fourth-order valence-corrected chi connectivity index (χ4v) is 5.27. The van der Waals surface area contributed by atoms with Gasteiger partial charge in [0.1, 0.15) is 0 Å². The molecule has 2 saturated carbocycles. The molecule has 0 spiro atoms. The molecule has 130 valence electrons. The van der Waals surface area contributed by atoms with E-state index in [1.807, 2.05) is 0 Å². The summed E-state index contributed by atoms with van der Waals surface area (Å²) in [5.74, 6) is 5.64. The molecule has 0 radical (unpaired) electrons. The summed E-state index contributed by atoms with van der Waals surface area (Å²) in [5, 5.41) is 3.66. The maximum Gasteiger partial charge on any atom is 0.0118 e. The van der Waals surface area contributed by atoms with Gasteiger partial charge in [0.15, 0.2) is 0 Å². The lowest BCUT2D eigenvalue weighted by Crippen LogP contribution is -2.44. The minimum Gasteiger partial charge on any atom is -0.316 e. The van der Waals surface area contributed by atoms with Crippen molar-refractivity contribution in [2.24, 2.45) is 35.5 Å². The third-order valence-electron chi connectivity index (χ3n) is 7.01. The van der Waals surface area contributed by atoms with Crippen LogP contribution in [-0.4, -0.2) is 13.1 Å². The van der Waals surface area contributed by atoms with E-state index < -0.39 is 0 Å². The molecule has 2 rings (SSSR count). The van der Waals surface area contributed by atoms with Crippen molar-refractivity contribution in [3.05, 3.63) is 0 Å². The molecule has 1 heteroatoms. The predicted molar refractivity (Wildman–Crippen MR) is 98.0 cm³/mol. The van der Waals surface area contributed by atoms with Crippen LogP contribution in [0.15, 0.2) is 0 Å². The highest BCUT2D eigenvalue weighted by Gasteiger charge is 2.34. The van der Waals surface area contributed by atoms with Gasteiger partial charge in [-0.15, -0.1) is 0 Å². The minimum absolute atomic E-state index is 0.719. The first-order valence-corrected chi connectivity index (χ1v) is 10.2. The van der Waals surface area contributed by atoms with E-state index in [4.69, 9.17) is 0 Å². The molecule has 0 aromatic rings. The molecule has 5 atom stereocenters. The first-order valence-electron chi connectivity index (χ1n) is 10.2. The summed E-state index contributed by atoms with van der Waals surface area (Å²) in [5.41, 5.74) is 0. The second-order valence-corrected chi connectivity index (χ2v) is 9.00. The van der Waals surface area contributed by atoms with Gasteiger partial charge in [-0.1, -0.05) is 72.6 Å². The largest absolute Gasteiger partial charge is 0.316 e. The van der Waals surface area contributed by atoms with Crippen molar-refractivity contribution in [1.29, 1.82) is 0 Å². The Balaban J connectivity index is 1.82. The molecule has 2 aliphatic rings. The summed E-state index contributed by atoms with van der Waals surface area (Å²) in [6.07, 6.45) is 13.4. The zero-order valence-electron chi connectivity index (χ0n) is 15.9. The Hall–Kier alpha value is -0.0400. The monoisotopic (exact) mass is 307 g/mol. The first kappa shape index (κ1) is 18.3. The molecule has 22 heavy (non-hydrogen) atoms. The predicted octanol–water partition coefficient (Wildman–Crippen LogP) is 5.89. The van der Waals surface area contributed by atoms with Crippen LogP contribution in [0.4, 0.5) is 0 Å². The molecule has 2 aliphatic carbocycles. The molecule has 0 aromatic carbocycles. The zero-order chi connectivity index (χ0) is 16.1. The van der Waals surface area contributed by atoms with E-state index in [1.54, 1.807) is 0 Å². The molecule has 0 aromatic heterocycles. The maximum absolute atomic E-state index is 3.66. The normalized spacial score (nSPS) is 32.7. The fourth-order valence-electron chi connectivity index (χ4n) is 5.27. The van der Waals surface area contributed by atoms with Gasteiger partial charge in [0.25, 0.3) is 0 Å². The molecule has 0 heterocycles. The van der Waals surface area contributed by atoms with E-state index >= 15 is 0 Å². The van der Waals surface area contributed by atoms with Crippen molar-refractivity contribution >= 4 is 0 Å². The molecule has 0 saturated heterocycles. The highest BCUT2D eigenvalue weighted by molar-refractivity contribution is 4.88. The van der Waals surface area contributed by atoms with Gasteiger partial charge in [0, 0.05) is 6.04 Å². The van der Waals surface area contributed by atoms with Crippen LogP contribution in [0.2, 0.25) is 0 Å². The van der Waals surface area contributed by atoms with Crippen LogP contribution in [-0.2, 0) is 0 Å². The quantitative estimate of drug-likeness (QED) is 0.589. The Morgan fingerprint density at radius 1 is 1.05 bits per heavy atom. The van der Waals surface area contributed by atoms with Crippen molar-refractivity contribution in [3.8, 4) is 0 Å². The number of hydrogen-bond donors (Lipinski definition) is 1. The van der Waals surface area contributed by atoms with Crippen LogP contribution >= 0.6 is 0 Å². The van der Waals surface area contributed by atoms with Crippen LogP contribution in [0.1, 0.15) is 85.5 Å². The second-order valence-electron chi connectivity index (χ2n) is 9.00. The molecule has 0 amide bonds. The smallest absolute Gasteiger partial charge is 0.0118 e. The Morgan fingerprint density at radius 3 is 2.32 bits per heavy atom. The summed E-state index contributed by atoms with van der Waals surface area (Å²) in [6, 6.07) is 0.719. The fraction of sp³-hybridized carbons (Fsp3) is 1.00. The van der Waals surface area contributed by atoms with Crippen molar-refractivity contribution in [1.82, 2.24) is 5.32 Å². The number of rotatable bonds is 8. The molecule has 1 N–H and O–H groups in total. The van der Waals surface area contributed by atoms with Gasteiger partial charge >= 0.3 is 0 Å². The Bertz CT molecular complexity index is 307. The molecule has 1 nitrogen and oxygen atoms in total. The molecule has 5 unspecified atom stereocenters. The molecular formula is C21H41N. The second kappa shape index (κ2) is 8.71. The standard InChI is InChI=1S/C21H41N/c1-15(2)21(22-5)20-14-16(3)12-13-19(20)11-6-8-17(4)18-9-7-10-18/h15-22H,6-14H2,1-5H3. The average Bonchev–Trinajstić information content (AvgIpc) is 2.39. The summed E-state index contributed by atoms with van der Waals surface area (Å²) in [7, 11) is 2.18. The topological polar surface area (TPSA) is 12.0 Å². The molecule has 0 bridgehead atoms. The van der Waals surface area contributed by atoms with Gasteiger partial charge < -0.3 is 5.32 Å². The van der Waals surface area contributed by atoms with Gasteiger partial charge in [-0.2, -0.15) is 0 Å². The third-order valence-corrected chi connectivity index (χ3v) is 7.01. The first-order chi connectivity index (χ1) is 10.5. The van der Waals surface area contributed by atoms with E-state index in [0.29, 0.717) is 0 Å². The van der Waals surface area contributed by atoms with Gasteiger partial charge in [-0.05, 0) is 55.4 Å². The van der Waals surface area contributed by atoms with E-state index in [1.165, 1.54) is 57.8 Å². The molecule has 0 aliphatic heterocycles. The van der Waals surface area contributed by atoms with Gasteiger partial charge in [0.05, 0.1) is 0 Å². The molecular weight excluding hydrogens is 266 g/mol.